The predicted octanol–water partition coefficient (Wildman–Crippen LogP) is 3.19. The standard InChI is InChI=1S/C14H15NO2S/c1-9-7-11(17)3-4-12(9)13(5-6-16)14-10(2)15-8-18-14/h3-4,6-8,13,17H,5H2,1-2H3. The van der Waals surface area contributed by atoms with Gasteiger partial charge in [0.1, 0.15) is 12.0 Å². The predicted molar refractivity (Wildman–Crippen MR) is 72.2 cm³/mol. The highest BCUT2D eigenvalue weighted by molar-refractivity contribution is 7.09. The number of thiazole rings is 1. The summed E-state index contributed by atoms with van der Waals surface area (Å²) in [6.07, 6.45) is 1.38. The van der Waals surface area contributed by atoms with Crippen LogP contribution in [0.1, 0.15) is 34.0 Å². The average Bonchev–Trinajstić information content (AvgIpc) is 2.73. The lowest BCUT2D eigenvalue weighted by Crippen LogP contribution is -2.04. The summed E-state index contributed by atoms with van der Waals surface area (Å²) in [4.78, 5) is 16.3. The Morgan fingerprint density at radius 2 is 2.22 bits per heavy atom. The van der Waals surface area contributed by atoms with Crippen LogP contribution in [0.4, 0.5) is 0 Å². The monoisotopic (exact) mass is 261 g/mol. The van der Waals surface area contributed by atoms with Gasteiger partial charge in [-0.15, -0.1) is 11.3 Å². The highest BCUT2D eigenvalue weighted by Gasteiger charge is 2.19. The summed E-state index contributed by atoms with van der Waals surface area (Å²) in [5, 5.41) is 9.46. The molecule has 1 unspecified atom stereocenters. The van der Waals surface area contributed by atoms with E-state index < -0.39 is 0 Å². The van der Waals surface area contributed by atoms with E-state index in [4.69, 9.17) is 0 Å². The summed E-state index contributed by atoms with van der Waals surface area (Å²) in [6, 6.07) is 5.28. The number of phenols is 1. The van der Waals surface area contributed by atoms with E-state index in [1.807, 2.05) is 19.9 Å². The van der Waals surface area contributed by atoms with Gasteiger partial charge in [0.25, 0.3) is 0 Å². The number of aromatic hydroxyl groups is 1. The molecule has 0 aliphatic carbocycles. The number of rotatable bonds is 4. The Balaban J connectivity index is 2.48. The molecule has 1 aromatic heterocycles. The van der Waals surface area contributed by atoms with E-state index >= 15 is 0 Å². The first kappa shape index (κ1) is 12.8. The maximum atomic E-state index is 10.9. The van der Waals surface area contributed by atoms with Crippen LogP contribution < -0.4 is 0 Å². The van der Waals surface area contributed by atoms with Crippen molar-refractivity contribution in [1.82, 2.24) is 4.98 Å². The second-order valence-corrected chi connectivity index (χ2v) is 5.18. The van der Waals surface area contributed by atoms with Crippen molar-refractivity contribution >= 4 is 17.6 Å². The van der Waals surface area contributed by atoms with Crippen molar-refractivity contribution in [2.24, 2.45) is 0 Å². The van der Waals surface area contributed by atoms with Gasteiger partial charge in [0.05, 0.1) is 11.2 Å². The number of hydrogen-bond acceptors (Lipinski definition) is 4. The fourth-order valence-corrected chi connectivity index (χ4v) is 3.10. The second-order valence-electron chi connectivity index (χ2n) is 4.30. The molecule has 2 aromatic rings. The number of phenolic OH excluding ortho intramolecular Hbond substituents is 1. The van der Waals surface area contributed by atoms with Gasteiger partial charge in [0.2, 0.25) is 0 Å². The molecule has 94 valence electrons. The minimum atomic E-state index is 0.0376. The fraction of sp³-hybridized carbons (Fsp3) is 0.286. The molecule has 4 heteroatoms. The molecule has 0 aliphatic rings. The molecular weight excluding hydrogens is 246 g/mol. The van der Waals surface area contributed by atoms with Gasteiger partial charge in [0, 0.05) is 17.2 Å². The van der Waals surface area contributed by atoms with Crippen molar-refractivity contribution < 1.29 is 9.90 Å². The molecular formula is C14H15NO2S. The van der Waals surface area contributed by atoms with E-state index in [-0.39, 0.29) is 11.7 Å². The summed E-state index contributed by atoms with van der Waals surface area (Å²) in [6.45, 7) is 3.91. The molecule has 18 heavy (non-hydrogen) atoms. The van der Waals surface area contributed by atoms with Crippen LogP contribution in [0.25, 0.3) is 0 Å². The number of aryl methyl sites for hydroxylation is 2. The molecule has 2 rings (SSSR count). The Bertz CT molecular complexity index is 563. The maximum absolute atomic E-state index is 10.9. The number of aldehydes is 1. The zero-order valence-electron chi connectivity index (χ0n) is 10.4. The number of aromatic nitrogens is 1. The molecule has 1 heterocycles. The van der Waals surface area contributed by atoms with Crippen LogP contribution in [-0.2, 0) is 4.79 Å². The second kappa shape index (κ2) is 5.31. The number of benzene rings is 1. The largest absolute Gasteiger partial charge is 0.508 e. The van der Waals surface area contributed by atoms with Gasteiger partial charge >= 0.3 is 0 Å². The minimum Gasteiger partial charge on any atom is -0.508 e. The third-order valence-electron chi connectivity index (χ3n) is 3.06. The van der Waals surface area contributed by atoms with E-state index in [1.54, 1.807) is 29.0 Å². The van der Waals surface area contributed by atoms with Gasteiger partial charge in [0.15, 0.2) is 0 Å². The molecule has 0 amide bonds. The average molecular weight is 261 g/mol. The van der Waals surface area contributed by atoms with Crippen molar-refractivity contribution in [3.63, 3.8) is 0 Å². The fourth-order valence-electron chi connectivity index (χ4n) is 2.17. The van der Waals surface area contributed by atoms with E-state index in [0.717, 1.165) is 28.0 Å². The van der Waals surface area contributed by atoms with E-state index in [0.29, 0.717) is 6.42 Å². The smallest absolute Gasteiger partial charge is 0.120 e. The maximum Gasteiger partial charge on any atom is 0.120 e. The third kappa shape index (κ3) is 2.43. The van der Waals surface area contributed by atoms with Gasteiger partial charge in [-0.25, -0.2) is 4.98 Å². The zero-order valence-corrected chi connectivity index (χ0v) is 11.2. The van der Waals surface area contributed by atoms with Crippen LogP contribution in [0.3, 0.4) is 0 Å². The van der Waals surface area contributed by atoms with E-state index in [9.17, 15) is 9.90 Å². The number of carbonyl (C=O) groups is 1. The van der Waals surface area contributed by atoms with Crippen LogP contribution in [0.15, 0.2) is 23.7 Å². The molecule has 1 N–H and O–H groups in total. The van der Waals surface area contributed by atoms with Crippen molar-refractivity contribution in [3.8, 4) is 5.75 Å². The van der Waals surface area contributed by atoms with Crippen LogP contribution in [-0.4, -0.2) is 16.4 Å². The Hall–Kier alpha value is -1.68. The first-order chi connectivity index (χ1) is 8.63. The first-order valence-corrected chi connectivity index (χ1v) is 6.64. The molecule has 0 spiro atoms. The lowest BCUT2D eigenvalue weighted by atomic mass is 9.90. The van der Waals surface area contributed by atoms with Gasteiger partial charge in [-0.1, -0.05) is 6.07 Å². The van der Waals surface area contributed by atoms with Crippen molar-refractivity contribution in [3.05, 3.63) is 45.4 Å². The van der Waals surface area contributed by atoms with Crippen LogP contribution in [0, 0.1) is 13.8 Å². The Labute approximate surface area is 110 Å². The van der Waals surface area contributed by atoms with Gasteiger partial charge in [-0.2, -0.15) is 0 Å². The van der Waals surface area contributed by atoms with Gasteiger partial charge < -0.3 is 9.90 Å². The summed E-state index contributed by atoms with van der Waals surface area (Å²) in [5.41, 5.74) is 4.85. The third-order valence-corrected chi connectivity index (χ3v) is 4.10. The molecule has 0 aliphatic heterocycles. The Morgan fingerprint density at radius 3 is 2.78 bits per heavy atom. The summed E-state index contributed by atoms with van der Waals surface area (Å²) < 4.78 is 0. The van der Waals surface area contributed by atoms with E-state index in [1.165, 1.54) is 0 Å². The van der Waals surface area contributed by atoms with E-state index in [2.05, 4.69) is 4.98 Å². The summed E-state index contributed by atoms with van der Waals surface area (Å²) in [5.74, 6) is 0.290. The van der Waals surface area contributed by atoms with Crippen molar-refractivity contribution in [1.29, 1.82) is 0 Å². The molecule has 0 fully saturated rings. The summed E-state index contributed by atoms with van der Waals surface area (Å²) in [7, 11) is 0. The van der Waals surface area contributed by atoms with Crippen LogP contribution in [0.2, 0.25) is 0 Å². The van der Waals surface area contributed by atoms with Gasteiger partial charge in [-0.05, 0) is 37.1 Å². The molecule has 3 nitrogen and oxygen atoms in total. The molecule has 0 saturated heterocycles. The minimum absolute atomic E-state index is 0.0376. The number of hydrogen-bond donors (Lipinski definition) is 1. The quantitative estimate of drug-likeness (QED) is 0.860. The lowest BCUT2D eigenvalue weighted by molar-refractivity contribution is -0.108. The Kier molecular flexibility index (Phi) is 3.77. The Morgan fingerprint density at radius 1 is 1.44 bits per heavy atom. The zero-order chi connectivity index (χ0) is 13.1. The highest BCUT2D eigenvalue weighted by atomic mass is 32.1. The number of nitrogens with zero attached hydrogens (tertiary/aromatic N) is 1. The van der Waals surface area contributed by atoms with Crippen LogP contribution >= 0.6 is 11.3 Å². The van der Waals surface area contributed by atoms with Crippen molar-refractivity contribution in [2.45, 2.75) is 26.2 Å². The van der Waals surface area contributed by atoms with Crippen molar-refractivity contribution in [2.75, 3.05) is 0 Å². The normalized spacial score (nSPS) is 12.3. The summed E-state index contributed by atoms with van der Waals surface area (Å²) >= 11 is 1.57. The lowest BCUT2D eigenvalue weighted by Gasteiger charge is -2.16. The van der Waals surface area contributed by atoms with Gasteiger partial charge in [-0.3, -0.25) is 0 Å². The number of carbonyl (C=O) groups excluding carboxylic acids is 1. The molecule has 0 radical (unpaired) electrons. The molecule has 0 bridgehead atoms. The highest BCUT2D eigenvalue weighted by Crippen LogP contribution is 2.34. The topological polar surface area (TPSA) is 50.2 Å². The SMILES string of the molecule is Cc1cc(O)ccc1C(CC=O)c1scnc1C. The van der Waals surface area contributed by atoms with Crippen LogP contribution in [0.5, 0.6) is 5.75 Å². The first-order valence-electron chi connectivity index (χ1n) is 5.76. The molecule has 1 aromatic carbocycles. The molecule has 1 atom stereocenters. The molecule has 0 saturated carbocycles.